The SMILES string of the molecule is N#CC(C(N)=O)C(=S)Nc1cc(Cl)cc(C(F)(F)F)c1. The number of primary amides is 1. The Kier molecular flexibility index (Phi) is 4.92. The highest BCUT2D eigenvalue weighted by molar-refractivity contribution is 7.80. The van der Waals surface area contributed by atoms with Crippen LogP contribution in [-0.2, 0) is 11.0 Å². The Morgan fingerprint density at radius 1 is 1.45 bits per heavy atom. The number of hydrogen-bond donors (Lipinski definition) is 2. The van der Waals surface area contributed by atoms with Crippen LogP contribution < -0.4 is 11.1 Å². The van der Waals surface area contributed by atoms with Gasteiger partial charge in [0.25, 0.3) is 0 Å². The van der Waals surface area contributed by atoms with Gasteiger partial charge in [0.2, 0.25) is 5.91 Å². The van der Waals surface area contributed by atoms with Crippen molar-refractivity contribution in [3.05, 3.63) is 28.8 Å². The van der Waals surface area contributed by atoms with E-state index >= 15 is 0 Å². The van der Waals surface area contributed by atoms with Gasteiger partial charge in [-0.3, -0.25) is 4.79 Å². The lowest BCUT2D eigenvalue weighted by atomic mass is 10.1. The molecule has 1 unspecified atom stereocenters. The molecular formula is C11H7ClF3N3OS. The van der Waals surface area contributed by atoms with Gasteiger partial charge < -0.3 is 11.1 Å². The van der Waals surface area contributed by atoms with Gasteiger partial charge >= 0.3 is 6.18 Å². The second-order valence-corrected chi connectivity index (χ2v) is 4.56. The summed E-state index contributed by atoms with van der Waals surface area (Å²) in [6.07, 6.45) is -4.58. The van der Waals surface area contributed by atoms with E-state index in [0.717, 1.165) is 12.1 Å². The molecule has 3 N–H and O–H groups in total. The van der Waals surface area contributed by atoms with Crippen LogP contribution >= 0.6 is 23.8 Å². The van der Waals surface area contributed by atoms with E-state index in [9.17, 15) is 18.0 Å². The summed E-state index contributed by atoms with van der Waals surface area (Å²) < 4.78 is 37.8. The summed E-state index contributed by atoms with van der Waals surface area (Å²) in [6, 6.07) is 4.23. The lowest BCUT2D eigenvalue weighted by Crippen LogP contribution is -2.32. The number of hydrogen-bond acceptors (Lipinski definition) is 3. The average molecular weight is 322 g/mol. The van der Waals surface area contributed by atoms with Crippen molar-refractivity contribution in [1.82, 2.24) is 0 Å². The first-order valence-electron chi connectivity index (χ1n) is 5.02. The highest BCUT2D eigenvalue weighted by atomic mass is 35.5. The van der Waals surface area contributed by atoms with Crippen LogP contribution in [0.3, 0.4) is 0 Å². The first-order valence-corrected chi connectivity index (χ1v) is 5.81. The molecule has 0 aromatic heterocycles. The minimum Gasteiger partial charge on any atom is -0.368 e. The van der Waals surface area contributed by atoms with Gasteiger partial charge in [-0.2, -0.15) is 18.4 Å². The van der Waals surface area contributed by atoms with Gasteiger partial charge in [-0.25, -0.2) is 0 Å². The molecule has 1 atom stereocenters. The van der Waals surface area contributed by atoms with E-state index in [4.69, 9.17) is 34.8 Å². The normalized spacial score (nSPS) is 12.3. The summed E-state index contributed by atoms with van der Waals surface area (Å²) in [7, 11) is 0. The van der Waals surface area contributed by atoms with Gasteiger partial charge in [-0.05, 0) is 18.2 Å². The summed E-state index contributed by atoms with van der Waals surface area (Å²) in [5.74, 6) is -2.43. The quantitative estimate of drug-likeness (QED) is 0.839. The number of carbonyl (C=O) groups is 1. The largest absolute Gasteiger partial charge is 0.416 e. The van der Waals surface area contributed by atoms with Crippen molar-refractivity contribution in [2.75, 3.05) is 5.32 Å². The molecule has 0 saturated heterocycles. The predicted molar refractivity (Wildman–Crippen MR) is 71.0 cm³/mol. The number of rotatable bonds is 3. The molecule has 0 heterocycles. The van der Waals surface area contributed by atoms with E-state index < -0.39 is 23.6 Å². The van der Waals surface area contributed by atoms with Gasteiger partial charge in [0.15, 0.2) is 5.92 Å². The fourth-order valence-corrected chi connectivity index (χ4v) is 1.81. The van der Waals surface area contributed by atoms with Crippen molar-refractivity contribution in [1.29, 1.82) is 5.26 Å². The van der Waals surface area contributed by atoms with Crippen LogP contribution in [0.5, 0.6) is 0 Å². The summed E-state index contributed by atoms with van der Waals surface area (Å²) in [5, 5.41) is 10.9. The Hall–Kier alpha value is -1.85. The van der Waals surface area contributed by atoms with E-state index in [1.165, 1.54) is 6.07 Å². The molecule has 0 bridgehead atoms. The van der Waals surface area contributed by atoms with Crippen LogP contribution in [-0.4, -0.2) is 10.9 Å². The Morgan fingerprint density at radius 2 is 2.05 bits per heavy atom. The molecule has 0 aliphatic carbocycles. The van der Waals surface area contributed by atoms with Crippen molar-refractivity contribution >= 4 is 40.4 Å². The van der Waals surface area contributed by atoms with Crippen molar-refractivity contribution in [3.8, 4) is 6.07 Å². The van der Waals surface area contributed by atoms with E-state index in [-0.39, 0.29) is 15.7 Å². The molecule has 4 nitrogen and oxygen atoms in total. The Morgan fingerprint density at radius 3 is 2.50 bits per heavy atom. The lowest BCUT2D eigenvalue weighted by Gasteiger charge is -2.13. The van der Waals surface area contributed by atoms with Crippen LogP contribution in [0.2, 0.25) is 5.02 Å². The summed E-state index contributed by atoms with van der Waals surface area (Å²) in [4.78, 5) is 10.6. The maximum atomic E-state index is 12.6. The van der Waals surface area contributed by atoms with E-state index in [0.29, 0.717) is 0 Å². The molecule has 9 heteroatoms. The molecule has 0 saturated carbocycles. The third-order valence-corrected chi connectivity index (χ3v) is 2.72. The number of nitrogens with two attached hydrogens (primary N) is 1. The number of amides is 1. The van der Waals surface area contributed by atoms with E-state index in [2.05, 4.69) is 5.32 Å². The minimum absolute atomic E-state index is 0.0867. The number of halogens is 4. The fraction of sp³-hybridized carbons (Fsp3) is 0.182. The number of thiocarbonyl (C=S) groups is 1. The minimum atomic E-state index is -4.58. The lowest BCUT2D eigenvalue weighted by molar-refractivity contribution is -0.137. The number of anilines is 1. The molecule has 20 heavy (non-hydrogen) atoms. The third kappa shape index (κ3) is 4.08. The molecule has 0 aliphatic heterocycles. The van der Waals surface area contributed by atoms with Gasteiger partial charge in [0.1, 0.15) is 4.99 Å². The maximum Gasteiger partial charge on any atom is 0.416 e. The maximum absolute atomic E-state index is 12.6. The number of benzene rings is 1. The summed E-state index contributed by atoms with van der Waals surface area (Å²) >= 11 is 10.3. The Labute approximate surface area is 122 Å². The monoisotopic (exact) mass is 321 g/mol. The molecule has 0 fully saturated rings. The first-order chi connectivity index (χ1) is 9.15. The standard InChI is InChI=1S/C11H7ClF3N3OS/c12-6-1-5(11(13,14)15)2-7(3-6)18-10(20)8(4-16)9(17)19/h1-3,8H,(H2,17,19)(H,18,20). The van der Waals surface area contributed by atoms with Crippen LogP contribution in [0, 0.1) is 17.2 Å². The Balaban J connectivity index is 3.05. The number of nitrogens with one attached hydrogen (secondary N) is 1. The van der Waals surface area contributed by atoms with Crippen LogP contribution in [0.4, 0.5) is 18.9 Å². The number of nitrogens with zero attached hydrogens (tertiary/aromatic N) is 1. The predicted octanol–water partition coefficient (Wildman–Crippen LogP) is 2.72. The van der Waals surface area contributed by atoms with Gasteiger partial charge in [0, 0.05) is 10.7 Å². The van der Waals surface area contributed by atoms with Crippen molar-refractivity contribution in [2.45, 2.75) is 6.18 Å². The molecule has 1 aromatic carbocycles. The molecule has 0 radical (unpaired) electrons. The topological polar surface area (TPSA) is 78.9 Å². The average Bonchev–Trinajstić information content (AvgIpc) is 2.26. The molecular weight excluding hydrogens is 315 g/mol. The second-order valence-electron chi connectivity index (χ2n) is 3.68. The molecule has 0 spiro atoms. The zero-order chi connectivity index (χ0) is 15.5. The fourth-order valence-electron chi connectivity index (χ4n) is 1.29. The number of carbonyl (C=O) groups excluding carboxylic acids is 1. The van der Waals surface area contributed by atoms with Crippen LogP contribution in [0.25, 0.3) is 0 Å². The zero-order valence-corrected chi connectivity index (χ0v) is 11.2. The van der Waals surface area contributed by atoms with Gasteiger partial charge in [-0.1, -0.05) is 23.8 Å². The summed E-state index contributed by atoms with van der Waals surface area (Å²) in [6.45, 7) is 0. The molecule has 0 aliphatic rings. The van der Waals surface area contributed by atoms with Crippen LogP contribution in [0.1, 0.15) is 5.56 Å². The highest BCUT2D eigenvalue weighted by Crippen LogP contribution is 2.33. The zero-order valence-electron chi connectivity index (χ0n) is 9.66. The van der Waals surface area contributed by atoms with Gasteiger partial charge in [-0.15, -0.1) is 0 Å². The number of nitriles is 1. The first kappa shape index (κ1) is 16.2. The van der Waals surface area contributed by atoms with Crippen molar-refractivity contribution in [2.24, 2.45) is 11.7 Å². The van der Waals surface area contributed by atoms with E-state index in [1.807, 2.05) is 0 Å². The van der Waals surface area contributed by atoms with Crippen molar-refractivity contribution in [3.63, 3.8) is 0 Å². The third-order valence-electron chi connectivity index (χ3n) is 2.17. The van der Waals surface area contributed by atoms with Crippen molar-refractivity contribution < 1.29 is 18.0 Å². The smallest absolute Gasteiger partial charge is 0.368 e. The Bertz CT molecular complexity index is 598. The molecule has 1 aromatic rings. The van der Waals surface area contributed by atoms with E-state index in [1.54, 1.807) is 6.07 Å². The van der Waals surface area contributed by atoms with Crippen LogP contribution in [0.15, 0.2) is 18.2 Å². The molecule has 106 valence electrons. The van der Waals surface area contributed by atoms with Gasteiger partial charge in [0.05, 0.1) is 11.6 Å². The second kappa shape index (κ2) is 6.07. The number of alkyl halides is 3. The molecule has 1 rings (SSSR count). The highest BCUT2D eigenvalue weighted by Gasteiger charge is 2.31. The molecule has 1 amide bonds. The summed E-state index contributed by atoms with van der Waals surface area (Å²) in [5.41, 5.74) is 3.87.